The van der Waals surface area contributed by atoms with Crippen LogP contribution in [0, 0.1) is 17.8 Å². The number of hydrogen-bond donors (Lipinski definition) is 0. The highest BCUT2D eigenvalue weighted by Gasteiger charge is 2.13. The maximum Gasteiger partial charge on any atom is 0.308 e. The lowest BCUT2D eigenvalue weighted by Crippen LogP contribution is -2.16. The van der Waals surface area contributed by atoms with E-state index in [-0.39, 0.29) is 17.9 Å². The van der Waals surface area contributed by atoms with E-state index in [1.807, 2.05) is 6.92 Å². The summed E-state index contributed by atoms with van der Waals surface area (Å²) >= 11 is 0. The van der Waals surface area contributed by atoms with Gasteiger partial charge in [0.15, 0.2) is 0 Å². The molecular weight excluding hydrogens is 412 g/mol. The first-order valence-electron chi connectivity index (χ1n) is 14.1. The van der Waals surface area contributed by atoms with Crippen LogP contribution in [0.5, 0.6) is 0 Å². The number of unbranched alkanes of at least 4 members (excludes halogenated alkanes) is 12. The molecule has 0 saturated carbocycles. The van der Waals surface area contributed by atoms with Crippen molar-refractivity contribution in [1.29, 1.82) is 0 Å². The minimum absolute atomic E-state index is 0.0183. The third-order valence-corrected chi connectivity index (χ3v) is 6.32. The van der Waals surface area contributed by atoms with Crippen molar-refractivity contribution < 1.29 is 19.1 Å². The third-order valence-electron chi connectivity index (χ3n) is 6.32. The highest BCUT2D eigenvalue weighted by Crippen LogP contribution is 2.16. The Kier molecular flexibility index (Phi) is 22.0. The second kappa shape index (κ2) is 22.7. The second-order valence-corrected chi connectivity index (χ2v) is 10.8. The van der Waals surface area contributed by atoms with E-state index >= 15 is 0 Å². The van der Waals surface area contributed by atoms with Crippen LogP contribution in [0.2, 0.25) is 0 Å². The summed E-state index contributed by atoms with van der Waals surface area (Å²) in [4.78, 5) is 23.5. The highest BCUT2D eigenvalue weighted by molar-refractivity contribution is 5.71. The molecule has 1 atom stereocenters. The zero-order chi connectivity index (χ0) is 24.7. The van der Waals surface area contributed by atoms with Crippen molar-refractivity contribution in [2.45, 2.75) is 144 Å². The van der Waals surface area contributed by atoms with Crippen molar-refractivity contribution in [2.24, 2.45) is 17.8 Å². The summed E-state index contributed by atoms with van der Waals surface area (Å²) in [5, 5.41) is 0. The average Bonchev–Trinajstić information content (AvgIpc) is 2.75. The minimum atomic E-state index is -0.0234. The van der Waals surface area contributed by atoms with Gasteiger partial charge in [-0.1, -0.05) is 112 Å². The Morgan fingerprint density at radius 3 is 1.36 bits per heavy atom. The van der Waals surface area contributed by atoms with E-state index in [2.05, 4.69) is 27.7 Å². The monoisotopic (exact) mass is 468 g/mol. The van der Waals surface area contributed by atoms with Crippen LogP contribution in [-0.4, -0.2) is 25.2 Å². The summed E-state index contributed by atoms with van der Waals surface area (Å²) in [6.45, 7) is 11.7. The fraction of sp³-hybridized carbons (Fsp3) is 0.931. The Morgan fingerprint density at radius 1 is 0.515 bits per heavy atom. The molecule has 0 N–H and O–H groups in total. The van der Waals surface area contributed by atoms with Gasteiger partial charge in [0, 0.05) is 6.42 Å². The molecule has 0 aromatic carbocycles. The molecule has 0 aliphatic heterocycles. The van der Waals surface area contributed by atoms with E-state index < -0.39 is 0 Å². The molecule has 4 nitrogen and oxygen atoms in total. The molecule has 196 valence electrons. The lowest BCUT2D eigenvalue weighted by atomic mass is 10.0. The van der Waals surface area contributed by atoms with Gasteiger partial charge < -0.3 is 9.47 Å². The molecule has 0 radical (unpaired) electrons. The van der Waals surface area contributed by atoms with Crippen molar-refractivity contribution in [3.8, 4) is 0 Å². The zero-order valence-electron chi connectivity index (χ0n) is 22.8. The molecule has 0 aliphatic carbocycles. The van der Waals surface area contributed by atoms with Gasteiger partial charge in [0.1, 0.15) is 0 Å². The van der Waals surface area contributed by atoms with E-state index in [1.54, 1.807) is 0 Å². The molecule has 0 amide bonds. The molecular formula is C29H56O4. The predicted octanol–water partition coefficient (Wildman–Crippen LogP) is 8.65. The molecule has 0 rings (SSSR count). The minimum Gasteiger partial charge on any atom is -0.466 e. The summed E-state index contributed by atoms with van der Waals surface area (Å²) in [5.41, 5.74) is 0. The Balaban J connectivity index is 3.29. The molecule has 1 unspecified atom stereocenters. The summed E-state index contributed by atoms with van der Waals surface area (Å²) in [6.07, 6.45) is 19.8. The quantitative estimate of drug-likeness (QED) is 0.111. The number of ether oxygens (including phenoxy) is 2. The second-order valence-electron chi connectivity index (χ2n) is 10.8. The van der Waals surface area contributed by atoms with Crippen LogP contribution in [0.1, 0.15) is 144 Å². The van der Waals surface area contributed by atoms with Gasteiger partial charge in [-0.2, -0.15) is 0 Å². The average molecular weight is 469 g/mol. The molecule has 0 bridgehead atoms. The van der Waals surface area contributed by atoms with Crippen LogP contribution >= 0.6 is 0 Å². The predicted molar refractivity (Wildman–Crippen MR) is 139 cm³/mol. The summed E-state index contributed by atoms with van der Waals surface area (Å²) in [7, 11) is 0. The maximum atomic E-state index is 11.9. The van der Waals surface area contributed by atoms with Crippen LogP contribution < -0.4 is 0 Å². The summed E-state index contributed by atoms with van der Waals surface area (Å²) in [6, 6.07) is 0. The van der Waals surface area contributed by atoms with Crippen molar-refractivity contribution in [3.05, 3.63) is 0 Å². The van der Waals surface area contributed by atoms with E-state index in [0.717, 1.165) is 38.5 Å². The van der Waals surface area contributed by atoms with Crippen molar-refractivity contribution in [3.63, 3.8) is 0 Å². The molecule has 0 aromatic heterocycles. The van der Waals surface area contributed by atoms with Crippen LogP contribution in [0.25, 0.3) is 0 Å². The number of esters is 2. The van der Waals surface area contributed by atoms with Gasteiger partial charge >= 0.3 is 11.9 Å². The fourth-order valence-corrected chi connectivity index (χ4v) is 3.80. The van der Waals surface area contributed by atoms with E-state index in [0.29, 0.717) is 31.5 Å². The van der Waals surface area contributed by atoms with Gasteiger partial charge in [-0.3, -0.25) is 9.59 Å². The molecule has 33 heavy (non-hydrogen) atoms. The SMILES string of the molecule is CC(C)CCOC(=O)CCCCCCCCCCCCCCCC(C)C(=O)OCCC(C)C. The smallest absolute Gasteiger partial charge is 0.308 e. The first-order valence-corrected chi connectivity index (χ1v) is 14.1. The largest absolute Gasteiger partial charge is 0.466 e. The lowest BCUT2D eigenvalue weighted by Gasteiger charge is -2.12. The molecule has 4 heteroatoms. The van der Waals surface area contributed by atoms with Crippen LogP contribution in [0.4, 0.5) is 0 Å². The Morgan fingerprint density at radius 2 is 0.909 bits per heavy atom. The first-order chi connectivity index (χ1) is 15.8. The fourth-order valence-electron chi connectivity index (χ4n) is 3.80. The van der Waals surface area contributed by atoms with Crippen LogP contribution in [0.15, 0.2) is 0 Å². The zero-order valence-corrected chi connectivity index (χ0v) is 22.8. The molecule has 0 heterocycles. The summed E-state index contributed by atoms with van der Waals surface area (Å²) in [5.74, 6) is 1.18. The molecule has 0 saturated heterocycles. The standard InChI is InChI=1S/C29H56O4/c1-25(2)21-23-32-28(30)20-18-16-14-12-10-8-6-7-9-11-13-15-17-19-27(5)29(31)33-24-22-26(3)4/h25-27H,6-24H2,1-5H3. The number of hydrogen-bond acceptors (Lipinski definition) is 4. The van der Waals surface area contributed by atoms with Gasteiger partial charge in [0.25, 0.3) is 0 Å². The van der Waals surface area contributed by atoms with E-state index in [9.17, 15) is 9.59 Å². The van der Waals surface area contributed by atoms with Gasteiger partial charge in [-0.25, -0.2) is 0 Å². The Labute approximate surface area is 206 Å². The van der Waals surface area contributed by atoms with Crippen molar-refractivity contribution in [1.82, 2.24) is 0 Å². The molecule has 0 aliphatic rings. The summed E-state index contributed by atoms with van der Waals surface area (Å²) < 4.78 is 10.6. The Bertz CT molecular complexity index is 459. The number of carbonyl (C=O) groups is 2. The van der Waals surface area contributed by atoms with Crippen molar-refractivity contribution >= 4 is 11.9 Å². The number of carbonyl (C=O) groups excluding carboxylic acids is 2. The van der Waals surface area contributed by atoms with Gasteiger partial charge in [-0.15, -0.1) is 0 Å². The third kappa shape index (κ3) is 23.9. The topological polar surface area (TPSA) is 52.6 Å². The molecule has 0 spiro atoms. The first kappa shape index (κ1) is 31.9. The van der Waals surface area contributed by atoms with Gasteiger partial charge in [0.2, 0.25) is 0 Å². The molecule has 0 fully saturated rings. The maximum absolute atomic E-state index is 11.9. The van der Waals surface area contributed by atoms with Crippen LogP contribution in [0.3, 0.4) is 0 Å². The lowest BCUT2D eigenvalue weighted by molar-refractivity contribution is -0.148. The van der Waals surface area contributed by atoms with Crippen LogP contribution in [-0.2, 0) is 19.1 Å². The van der Waals surface area contributed by atoms with E-state index in [1.165, 1.54) is 64.2 Å². The van der Waals surface area contributed by atoms with Crippen molar-refractivity contribution in [2.75, 3.05) is 13.2 Å². The van der Waals surface area contributed by atoms with E-state index in [4.69, 9.17) is 9.47 Å². The van der Waals surface area contributed by atoms with Gasteiger partial charge in [-0.05, 0) is 37.5 Å². The Hall–Kier alpha value is -1.06. The number of rotatable bonds is 23. The normalized spacial score (nSPS) is 12.3. The highest BCUT2D eigenvalue weighted by atomic mass is 16.5. The molecule has 0 aromatic rings. The van der Waals surface area contributed by atoms with Gasteiger partial charge in [0.05, 0.1) is 19.1 Å².